The summed E-state index contributed by atoms with van der Waals surface area (Å²) in [5.41, 5.74) is 1.22. The molecule has 0 aliphatic rings. The predicted octanol–water partition coefficient (Wildman–Crippen LogP) is 3.19. The van der Waals surface area contributed by atoms with Gasteiger partial charge in [0.1, 0.15) is 0 Å². The molecule has 1 rings (SSSR count). The normalized spacial score (nSPS) is 11.6. The van der Waals surface area contributed by atoms with Gasteiger partial charge in [-0.15, -0.1) is 0 Å². The Morgan fingerprint density at radius 2 is 2.00 bits per heavy atom. The van der Waals surface area contributed by atoms with Crippen LogP contribution in [-0.4, -0.2) is 0 Å². The van der Waals surface area contributed by atoms with Gasteiger partial charge < -0.3 is 0 Å². The molecule has 0 aromatic heterocycles. The van der Waals surface area contributed by atoms with E-state index in [9.17, 15) is 0 Å². The Hall–Kier alpha value is -0.750. The van der Waals surface area contributed by atoms with Gasteiger partial charge in [-0.25, -0.2) is 0 Å². The van der Waals surface area contributed by atoms with E-state index in [1.54, 1.807) is 6.08 Å². The lowest BCUT2D eigenvalue weighted by atomic mass is 10.1. The van der Waals surface area contributed by atoms with Gasteiger partial charge in [-0.1, -0.05) is 48.0 Å². The average molecular weight is 166 g/mol. The van der Waals surface area contributed by atoms with Crippen LogP contribution in [0, 0.1) is 6.92 Å². The van der Waals surface area contributed by atoms with Crippen molar-refractivity contribution in [2.75, 3.05) is 0 Å². The van der Waals surface area contributed by atoms with Crippen LogP contribution >= 0.6 is 11.6 Å². The minimum Gasteiger partial charge on any atom is -0.0891 e. The molecule has 1 heteroatoms. The third-order valence-electron chi connectivity index (χ3n) is 1.44. The van der Waals surface area contributed by atoms with Crippen LogP contribution < -0.4 is 0 Å². The lowest BCUT2D eigenvalue weighted by Crippen LogP contribution is -1.82. The third kappa shape index (κ3) is 2.77. The van der Waals surface area contributed by atoms with E-state index in [1.165, 1.54) is 5.56 Å². The molecule has 0 aliphatic carbocycles. The molecule has 57 valence electrons. The van der Waals surface area contributed by atoms with Crippen LogP contribution in [0.2, 0.25) is 0 Å². The van der Waals surface area contributed by atoms with Crippen LogP contribution in [0.4, 0.5) is 0 Å². The van der Waals surface area contributed by atoms with E-state index in [0.29, 0.717) is 0 Å². The Morgan fingerprint density at radius 3 is 2.55 bits per heavy atom. The van der Waals surface area contributed by atoms with Gasteiger partial charge in [0.25, 0.3) is 0 Å². The highest BCUT2D eigenvalue weighted by Gasteiger charge is 1.92. The molecule has 0 unspecified atom stereocenters. The zero-order chi connectivity index (χ0) is 8.10. The van der Waals surface area contributed by atoms with E-state index in [-0.39, 0.29) is 0 Å². The van der Waals surface area contributed by atoms with Crippen LogP contribution in [0.3, 0.4) is 0 Å². The van der Waals surface area contributed by atoms with Crippen LogP contribution in [-0.2, 0) is 6.42 Å². The fourth-order valence-corrected chi connectivity index (χ4v) is 1.02. The molecule has 0 saturated heterocycles. The maximum Gasteiger partial charge on any atom is 0.0185 e. The van der Waals surface area contributed by atoms with Gasteiger partial charge in [0, 0.05) is 11.5 Å². The molecule has 0 N–H and O–H groups in total. The minimum atomic E-state index is 0.784. The van der Waals surface area contributed by atoms with E-state index in [1.807, 2.05) is 30.3 Å². The first-order valence-corrected chi connectivity index (χ1v) is 3.88. The second kappa shape index (κ2) is 4.20. The Labute approximate surface area is 72.5 Å². The van der Waals surface area contributed by atoms with Crippen molar-refractivity contribution in [3.05, 3.63) is 53.9 Å². The highest BCUT2D eigenvalue weighted by Crippen LogP contribution is 2.10. The maximum absolute atomic E-state index is 5.80. The van der Waals surface area contributed by atoms with Gasteiger partial charge in [0.2, 0.25) is 0 Å². The predicted molar refractivity (Wildman–Crippen MR) is 49.4 cm³/mol. The molecule has 11 heavy (non-hydrogen) atoms. The number of halogens is 1. The van der Waals surface area contributed by atoms with Crippen molar-refractivity contribution in [1.82, 2.24) is 0 Å². The molecule has 0 saturated carbocycles. The van der Waals surface area contributed by atoms with Crippen LogP contribution in [0.25, 0.3) is 0 Å². The van der Waals surface area contributed by atoms with Crippen molar-refractivity contribution in [2.24, 2.45) is 0 Å². The SMILES string of the molecule is [CH2]C=C(Cl)Cc1ccccc1. The quantitative estimate of drug-likeness (QED) is 0.632. The summed E-state index contributed by atoms with van der Waals surface area (Å²) >= 11 is 5.80. The summed E-state index contributed by atoms with van der Waals surface area (Å²) in [6.07, 6.45) is 2.46. The first-order valence-electron chi connectivity index (χ1n) is 3.50. The Morgan fingerprint density at radius 1 is 1.36 bits per heavy atom. The summed E-state index contributed by atoms with van der Waals surface area (Å²) in [6, 6.07) is 10.1. The molecular weight excluding hydrogens is 156 g/mol. The first-order chi connectivity index (χ1) is 5.33. The summed E-state index contributed by atoms with van der Waals surface area (Å²) in [5, 5.41) is 0.788. The van der Waals surface area contributed by atoms with E-state index in [0.717, 1.165) is 11.5 Å². The van der Waals surface area contributed by atoms with Crippen molar-refractivity contribution in [3.63, 3.8) is 0 Å². The third-order valence-corrected chi connectivity index (χ3v) is 1.73. The van der Waals surface area contributed by atoms with Crippen LogP contribution in [0.1, 0.15) is 5.56 Å². The molecule has 0 nitrogen and oxygen atoms in total. The second-order valence-corrected chi connectivity index (χ2v) is 2.80. The molecule has 1 aromatic carbocycles. The molecule has 0 atom stereocenters. The second-order valence-electron chi connectivity index (χ2n) is 2.31. The van der Waals surface area contributed by atoms with Crippen LogP contribution in [0.15, 0.2) is 41.4 Å². The topological polar surface area (TPSA) is 0 Å². The fourth-order valence-electron chi connectivity index (χ4n) is 0.863. The zero-order valence-electron chi connectivity index (χ0n) is 6.26. The van der Waals surface area contributed by atoms with Crippen molar-refractivity contribution >= 4 is 11.6 Å². The largest absolute Gasteiger partial charge is 0.0891 e. The summed E-state index contributed by atoms with van der Waals surface area (Å²) in [6.45, 7) is 3.59. The lowest BCUT2D eigenvalue weighted by Gasteiger charge is -1.97. The molecule has 0 bridgehead atoms. The van der Waals surface area contributed by atoms with Gasteiger partial charge in [-0.3, -0.25) is 0 Å². The summed E-state index contributed by atoms with van der Waals surface area (Å²) < 4.78 is 0. The lowest BCUT2D eigenvalue weighted by molar-refractivity contribution is 1.24. The molecule has 1 radical (unpaired) electrons. The standard InChI is InChI=1S/C10H10Cl/c1-2-10(11)8-9-6-4-3-5-7-9/h2-7H,1,8H2. The number of allylic oxidation sites excluding steroid dienone is 2. The first kappa shape index (κ1) is 8.35. The molecule has 0 heterocycles. The molecule has 1 aromatic rings. The maximum atomic E-state index is 5.80. The van der Waals surface area contributed by atoms with Crippen molar-refractivity contribution in [2.45, 2.75) is 6.42 Å². The molecule has 0 fully saturated rings. The van der Waals surface area contributed by atoms with Gasteiger partial charge in [0.15, 0.2) is 0 Å². The number of hydrogen-bond donors (Lipinski definition) is 0. The number of benzene rings is 1. The molecule has 0 aliphatic heterocycles. The monoisotopic (exact) mass is 165 g/mol. The van der Waals surface area contributed by atoms with Crippen molar-refractivity contribution in [1.29, 1.82) is 0 Å². The Kier molecular flexibility index (Phi) is 3.18. The van der Waals surface area contributed by atoms with Gasteiger partial charge in [-0.2, -0.15) is 0 Å². The number of hydrogen-bond acceptors (Lipinski definition) is 0. The molecule has 0 spiro atoms. The van der Waals surface area contributed by atoms with Gasteiger partial charge in [0.05, 0.1) is 0 Å². The minimum absolute atomic E-state index is 0.784. The van der Waals surface area contributed by atoms with E-state index < -0.39 is 0 Å². The smallest absolute Gasteiger partial charge is 0.0185 e. The van der Waals surface area contributed by atoms with Crippen molar-refractivity contribution < 1.29 is 0 Å². The summed E-state index contributed by atoms with van der Waals surface area (Å²) in [5.74, 6) is 0. The molecule has 0 amide bonds. The zero-order valence-corrected chi connectivity index (χ0v) is 7.01. The average Bonchev–Trinajstić information content (AvgIpc) is 2.06. The Balaban J connectivity index is 2.65. The van der Waals surface area contributed by atoms with E-state index in [2.05, 4.69) is 6.92 Å². The molecular formula is C10H10Cl. The van der Waals surface area contributed by atoms with Gasteiger partial charge >= 0.3 is 0 Å². The highest BCUT2D eigenvalue weighted by molar-refractivity contribution is 6.29. The van der Waals surface area contributed by atoms with Crippen LogP contribution in [0.5, 0.6) is 0 Å². The van der Waals surface area contributed by atoms with E-state index in [4.69, 9.17) is 11.6 Å². The van der Waals surface area contributed by atoms with Gasteiger partial charge in [-0.05, 0) is 12.5 Å². The summed E-state index contributed by atoms with van der Waals surface area (Å²) in [7, 11) is 0. The fraction of sp³-hybridized carbons (Fsp3) is 0.100. The summed E-state index contributed by atoms with van der Waals surface area (Å²) in [4.78, 5) is 0. The number of rotatable bonds is 2. The van der Waals surface area contributed by atoms with Crippen molar-refractivity contribution in [3.8, 4) is 0 Å². The van der Waals surface area contributed by atoms with E-state index >= 15 is 0 Å². The Bertz CT molecular complexity index is 236. The highest BCUT2D eigenvalue weighted by atomic mass is 35.5.